The van der Waals surface area contributed by atoms with Crippen LogP contribution in [0, 0.1) is 0 Å². The minimum atomic E-state index is -0.159. The van der Waals surface area contributed by atoms with Gasteiger partial charge >= 0.3 is 0 Å². The molecular weight excluding hydrogens is 476 g/mol. The molecule has 3 aromatic rings. The van der Waals surface area contributed by atoms with Crippen molar-refractivity contribution in [3.63, 3.8) is 0 Å². The van der Waals surface area contributed by atoms with E-state index in [4.69, 9.17) is 14.2 Å². The molecule has 0 spiro atoms. The predicted octanol–water partition coefficient (Wildman–Crippen LogP) is 4.14. The number of hydrogen-bond acceptors (Lipinski definition) is 10. The summed E-state index contributed by atoms with van der Waals surface area (Å²) in [6.07, 6.45) is 6.06. The molecule has 1 fully saturated rings. The van der Waals surface area contributed by atoms with E-state index in [1.807, 2.05) is 23.7 Å². The summed E-state index contributed by atoms with van der Waals surface area (Å²) in [6.45, 7) is 0. The molecule has 1 saturated carbocycles. The Morgan fingerprint density at radius 1 is 1.06 bits per heavy atom. The lowest BCUT2D eigenvalue weighted by molar-refractivity contribution is -0.113. The quantitative estimate of drug-likeness (QED) is 0.430. The average molecular weight is 505 g/mol. The summed E-state index contributed by atoms with van der Waals surface area (Å²) in [7, 11) is 6.53. The molecule has 1 aromatic carbocycles. The summed E-state index contributed by atoms with van der Waals surface area (Å²) in [5.41, 5.74) is 0.755. The molecule has 2 aromatic heterocycles. The molecule has 1 N–H and O–H groups in total. The molecule has 12 heteroatoms. The van der Waals surface area contributed by atoms with Crippen LogP contribution >= 0.6 is 23.1 Å². The third-order valence-electron chi connectivity index (χ3n) is 5.73. The van der Waals surface area contributed by atoms with E-state index in [1.54, 1.807) is 21.3 Å². The monoisotopic (exact) mass is 504 g/mol. The number of nitrogens with one attached hydrogen (secondary N) is 1. The van der Waals surface area contributed by atoms with E-state index in [9.17, 15) is 4.79 Å². The zero-order valence-corrected chi connectivity index (χ0v) is 21.3. The standard InChI is InChI=1S/C22H28N6O4S2/c1-28-19(14-10-15(30-2)18(32-4)16(11-14)31-3)24-27-22(28)33-12-17(29)23-21-26-25-20(34-21)13-8-6-5-7-9-13/h10-11,13H,5-9,12H2,1-4H3,(H,23,26,29). The van der Waals surface area contributed by atoms with E-state index in [-0.39, 0.29) is 11.7 Å². The van der Waals surface area contributed by atoms with Gasteiger partial charge in [-0.25, -0.2) is 0 Å². The number of carbonyl (C=O) groups excluding carboxylic acids is 1. The Hall–Kier alpha value is -2.86. The highest BCUT2D eigenvalue weighted by Crippen LogP contribution is 2.41. The van der Waals surface area contributed by atoms with Crippen molar-refractivity contribution in [3.8, 4) is 28.6 Å². The van der Waals surface area contributed by atoms with Crippen LogP contribution in [-0.4, -0.2) is 58.0 Å². The molecule has 0 bridgehead atoms. The van der Waals surface area contributed by atoms with E-state index in [2.05, 4.69) is 25.7 Å². The maximum absolute atomic E-state index is 12.5. The van der Waals surface area contributed by atoms with Crippen LogP contribution in [0.2, 0.25) is 0 Å². The van der Waals surface area contributed by atoms with Gasteiger partial charge in [0.05, 0.1) is 27.1 Å². The number of benzene rings is 1. The predicted molar refractivity (Wildman–Crippen MR) is 131 cm³/mol. The molecule has 10 nitrogen and oxygen atoms in total. The van der Waals surface area contributed by atoms with E-state index in [0.717, 1.165) is 23.4 Å². The average Bonchev–Trinajstić information content (AvgIpc) is 3.48. The summed E-state index contributed by atoms with van der Waals surface area (Å²) in [4.78, 5) is 12.5. The van der Waals surface area contributed by atoms with Gasteiger partial charge in [-0.05, 0) is 25.0 Å². The fourth-order valence-electron chi connectivity index (χ4n) is 3.99. The van der Waals surface area contributed by atoms with Gasteiger partial charge in [0.2, 0.25) is 16.8 Å². The third-order valence-corrected chi connectivity index (χ3v) is 7.75. The first-order valence-corrected chi connectivity index (χ1v) is 12.8. The number of aromatic nitrogens is 5. The number of ether oxygens (including phenoxy) is 3. The first-order valence-electron chi connectivity index (χ1n) is 11.0. The molecule has 0 aliphatic heterocycles. The smallest absolute Gasteiger partial charge is 0.236 e. The Morgan fingerprint density at radius 2 is 1.76 bits per heavy atom. The first kappa shape index (κ1) is 24.3. The van der Waals surface area contributed by atoms with Gasteiger partial charge < -0.3 is 18.8 Å². The SMILES string of the molecule is COc1cc(-c2nnc(SCC(=O)Nc3nnc(C4CCCCC4)s3)n2C)cc(OC)c1OC. The van der Waals surface area contributed by atoms with Crippen LogP contribution in [0.3, 0.4) is 0 Å². The largest absolute Gasteiger partial charge is 0.493 e. The highest BCUT2D eigenvalue weighted by molar-refractivity contribution is 7.99. The maximum Gasteiger partial charge on any atom is 0.236 e. The van der Waals surface area contributed by atoms with Gasteiger partial charge in [-0.15, -0.1) is 20.4 Å². The Morgan fingerprint density at radius 3 is 2.41 bits per heavy atom. The molecule has 182 valence electrons. The van der Waals surface area contributed by atoms with Gasteiger partial charge in [-0.1, -0.05) is 42.4 Å². The number of methoxy groups -OCH3 is 3. The minimum Gasteiger partial charge on any atom is -0.493 e. The topological polar surface area (TPSA) is 113 Å². The molecule has 2 heterocycles. The molecule has 0 radical (unpaired) electrons. The van der Waals surface area contributed by atoms with Crippen molar-refractivity contribution in [1.82, 2.24) is 25.0 Å². The minimum absolute atomic E-state index is 0.159. The number of hydrogen-bond donors (Lipinski definition) is 1. The van der Waals surface area contributed by atoms with Gasteiger partial charge in [0.1, 0.15) is 5.01 Å². The number of amides is 1. The lowest BCUT2D eigenvalue weighted by Crippen LogP contribution is -2.14. The van der Waals surface area contributed by atoms with E-state index < -0.39 is 0 Å². The Bertz CT molecular complexity index is 1120. The Balaban J connectivity index is 1.40. The second kappa shape index (κ2) is 11.0. The molecule has 1 aliphatic carbocycles. The van der Waals surface area contributed by atoms with Gasteiger partial charge in [-0.2, -0.15) is 0 Å². The summed E-state index contributed by atoms with van der Waals surface area (Å²) >= 11 is 2.77. The van der Waals surface area contributed by atoms with Crippen molar-refractivity contribution >= 4 is 34.1 Å². The lowest BCUT2D eigenvalue weighted by atomic mass is 9.90. The van der Waals surface area contributed by atoms with Crippen LogP contribution in [-0.2, 0) is 11.8 Å². The summed E-state index contributed by atoms with van der Waals surface area (Å²) in [5, 5.41) is 22.0. The highest BCUT2D eigenvalue weighted by Gasteiger charge is 2.21. The van der Waals surface area contributed by atoms with Crippen molar-refractivity contribution < 1.29 is 19.0 Å². The molecule has 34 heavy (non-hydrogen) atoms. The zero-order chi connectivity index (χ0) is 24.1. The maximum atomic E-state index is 12.5. The zero-order valence-electron chi connectivity index (χ0n) is 19.7. The summed E-state index contributed by atoms with van der Waals surface area (Å²) in [5.74, 6) is 2.66. The molecule has 1 amide bonds. The lowest BCUT2D eigenvalue weighted by Gasteiger charge is -2.18. The number of rotatable bonds is 9. The van der Waals surface area contributed by atoms with Gasteiger partial charge in [-0.3, -0.25) is 10.1 Å². The fraction of sp³-hybridized carbons (Fsp3) is 0.500. The first-order chi connectivity index (χ1) is 16.5. The van der Waals surface area contributed by atoms with Crippen molar-refractivity contribution in [2.24, 2.45) is 7.05 Å². The molecule has 0 atom stereocenters. The van der Waals surface area contributed by atoms with Crippen LogP contribution in [0.4, 0.5) is 5.13 Å². The van der Waals surface area contributed by atoms with E-state index in [0.29, 0.717) is 39.3 Å². The van der Waals surface area contributed by atoms with E-state index >= 15 is 0 Å². The number of thioether (sulfide) groups is 1. The number of nitrogens with zero attached hydrogens (tertiary/aromatic N) is 5. The van der Waals surface area contributed by atoms with Gasteiger partial charge in [0.15, 0.2) is 22.5 Å². The molecule has 4 rings (SSSR count). The van der Waals surface area contributed by atoms with Gasteiger partial charge in [0, 0.05) is 18.5 Å². The molecule has 0 saturated heterocycles. The van der Waals surface area contributed by atoms with Crippen molar-refractivity contribution in [3.05, 3.63) is 17.1 Å². The second-order valence-corrected chi connectivity index (χ2v) is 9.85. The Labute approximate surface area is 206 Å². The normalized spacial score (nSPS) is 14.1. The van der Waals surface area contributed by atoms with Crippen LogP contribution in [0.25, 0.3) is 11.4 Å². The van der Waals surface area contributed by atoms with Crippen molar-refractivity contribution in [2.75, 3.05) is 32.4 Å². The Kier molecular flexibility index (Phi) is 7.88. The highest BCUT2D eigenvalue weighted by atomic mass is 32.2. The second-order valence-electron chi connectivity index (χ2n) is 7.90. The van der Waals surface area contributed by atoms with E-state index in [1.165, 1.54) is 42.4 Å². The number of anilines is 1. The van der Waals surface area contributed by atoms with Crippen LogP contribution in [0.15, 0.2) is 17.3 Å². The van der Waals surface area contributed by atoms with Gasteiger partial charge in [0.25, 0.3) is 0 Å². The van der Waals surface area contributed by atoms with Crippen LogP contribution in [0.1, 0.15) is 43.0 Å². The summed E-state index contributed by atoms with van der Waals surface area (Å²) < 4.78 is 18.1. The number of carbonyl (C=O) groups is 1. The fourth-order valence-corrected chi connectivity index (χ4v) is 5.63. The van der Waals surface area contributed by atoms with Crippen LogP contribution in [0.5, 0.6) is 17.2 Å². The third kappa shape index (κ3) is 5.27. The van der Waals surface area contributed by atoms with Crippen molar-refractivity contribution in [2.45, 2.75) is 43.2 Å². The molecule has 0 unspecified atom stereocenters. The van der Waals surface area contributed by atoms with Crippen LogP contribution < -0.4 is 19.5 Å². The summed E-state index contributed by atoms with van der Waals surface area (Å²) in [6, 6.07) is 3.62. The molecular formula is C22H28N6O4S2. The molecule has 1 aliphatic rings. The van der Waals surface area contributed by atoms with Crippen molar-refractivity contribution in [1.29, 1.82) is 0 Å².